The molecule has 0 atom stereocenters. The van der Waals surface area contributed by atoms with E-state index >= 15 is 0 Å². The summed E-state index contributed by atoms with van der Waals surface area (Å²) in [5.74, 6) is -1.08. The van der Waals surface area contributed by atoms with Gasteiger partial charge in [-0.2, -0.15) is 0 Å². The number of aliphatic hydroxyl groups is 1. The van der Waals surface area contributed by atoms with Gasteiger partial charge in [0, 0.05) is 26.1 Å². The number of carboxylic acids is 1. The summed E-state index contributed by atoms with van der Waals surface area (Å²) in [6, 6.07) is 0. The minimum absolute atomic E-state index is 0.0334. The van der Waals surface area contributed by atoms with Crippen molar-refractivity contribution in [3.63, 3.8) is 0 Å². The third-order valence-electron chi connectivity index (χ3n) is 4.52. The molecule has 0 unspecified atom stereocenters. The van der Waals surface area contributed by atoms with Crippen molar-refractivity contribution in [3.8, 4) is 0 Å². The van der Waals surface area contributed by atoms with Gasteiger partial charge < -0.3 is 20.4 Å². The van der Waals surface area contributed by atoms with Crippen LogP contribution in [-0.2, 0) is 9.59 Å². The maximum Gasteiger partial charge on any atom is 0.323 e. The van der Waals surface area contributed by atoms with Crippen LogP contribution < -0.4 is 5.32 Å². The van der Waals surface area contributed by atoms with Crippen LogP contribution >= 0.6 is 0 Å². The van der Waals surface area contributed by atoms with Gasteiger partial charge in [-0.05, 0) is 6.42 Å². The van der Waals surface area contributed by atoms with Crippen LogP contribution in [-0.4, -0.2) is 59.8 Å². The highest BCUT2D eigenvalue weighted by atomic mass is 16.4. The highest BCUT2D eigenvalue weighted by Crippen LogP contribution is 2.12. The molecule has 0 bridgehead atoms. The van der Waals surface area contributed by atoms with E-state index in [0.29, 0.717) is 26.1 Å². The number of aliphatic hydroxyl groups excluding tert-OH is 1. The van der Waals surface area contributed by atoms with Gasteiger partial charge in [-0.1, -0.05) is 71.1 Å². The monoisotopic (exact) mass is 372 g/mol. The Kier molecular flexibility index (Phi) is 17.8. The molecule has 0 heterocycles. The molecule has 6 heteroatoms. The van der Waals surface area contributed by atoms with E-state index in [1.807, 2.05) is 0 Å². The smallest absolute Gasteiger partial charge is 0.323 e. The first-order valence-electron chi connectivity index (χ1n) is 10.4. The number of nitrogens with zero attached hydrogens (tertiary/aromatic N) is 1. The molecule has 0 saturated carbocycles. The Hall–Kier alpha value is -1.14. The Morgan fingerprint density at radius 1 is 0.846 bits per heavy atom. The molecule has 3 N–H and O–H groups in total. The van der Waals surface area contributed by atoms with Crippen LogP contribution in [0.3, 0.4) is 0 Å². The number of aliphatic carboxylic acids is 1. The average molecular weight is 373 g/mol. The zero-order valence-corrected chi connectivity index (χ0v) is 16.7. The molecule has 0 aliphatic heterocycles. The number of nitrogens with one attached hydrogen (secondary N) is 1. The molecule has 0 aliphatic carbocycles. The summed E-state index contributed by atoms with van der Waals surface area (Å²) in [7, 11) is 0. The highest BCUT2D eigenvalue weighted by Gasteiger charge is 2.15. The molecule has 0 spiro atoms. The quantitative estimate of drug-likeness (QED) is 0.303. The van der Waals surface area contributed by atoms with Crippen LogP contribution in [0.2, 0.25) is 0 Å². The zero-order chi connectivity index (χ0) is 19.5. The van der Waals surface area contributed by atoms with Crippen molar-refractivity contribution in [3.05, 3.63) is 0 Å². The number of rotatable bonds is 19. The van der Waals surface area contributed by atoms with Gasteiger partial charge in [0.2, 0.25) is 5.91 Å². The first-order chi connectivity index (χ1) is 12.6. The normalized spacial score (nSPS) is 10.8. The predicted molar refractivity (Wildman–Crippen MR) is 105 cm³/mol. The maximum atomic E-state index is 12.2. The van der Waals surface area contributed by atoms with Gasteiger partial charge >= 0.3 is 5.97 Å². The van der Waals surface area contributed by atoms with E-state index < -0.39 is 5.97 Å². The fraction of sp³-hybridized carbons (Fsp3) is 0.900. The van der Waals surface area contributed by atoms with Crippen molar-refractivity contribution in [2.24, 2.45) is 0 Å². The summed E-state index contributed by atoms with van der Waals surface area (Å²) in [6.07, 6.45) is 14.0. The lowest BCUT2D eigenvalue weighted by Gasteiger charge is -2.21. The Morgan fingerprint density at radius 2 is 1.38 bits per heavy atom. The first kappa shape index (κ1) is 24.9. The van der Waals surface area contributed by atoms with Crippen LogP contribution in [0.25, 0.3) is 0 Å². The molecule has 0 saturated heterocycles. The SMILES string of the molecule is CCCCCCCCCCCCCC(=O)N(CCNCCO)CC(=O)O. The standard InChI is InChI=1S/C20H40N2O4/c1-2-3-4-5-6-7-8-9-10-11-12-13-19(24)22(18-20(25)26)16-14-21-15-17-23/h21,23H,2-18H2,1H3,(H,25,26). The van der Waals surface area contributed by atoms with Crippen molar-refractivity contribution in [1.29, 1.82) is 0 Å². The van der Waals surface area contributed by atoms with Gasteiger partial charge in [0.25, 0.3) is 0 Å². The molecule has 26 heavy (non-hydrogen) atoms. The van der Waals surface area contributed by atoms with Crippen LogP contribution in [0.5, 0.6) is 0 Å². The molecule has 0 rings (SSSR count). The molecule has 0 aromatic rings. The number of hydrogen-bond donors (Lipinski definition) is 3. The summed E-state index contributed by atoms with van der Waals surface area (Å²) >= 11 is 0. The third kappa shape index (κ3) is 16.3. The Bertz CT molecular complexity index is 351. The van der Waals surface area contributed by atoms with Crippen LogP contribution in [0.15, 0.2) is 0 Å². The fourth-order valence-corrected chi connectivity index (χ4v) is 2.97. The lowest BCUT2D eigenvalue weighted by atomic mass is 10.1. The van der Waals surface area contributed by atoms with Crippen LogP contribution in [0.4, 0.5) is 0 Å². The van der Waals surface area contributed by atoms with E-state index in [0.717, 1.165) is 19.3 Å². The number of carboxylic acid groups (broad SMARTS) is 1. The largest absolute Gasteiger partial charge is 0.480 e. The van der Waals surface area contributed by atoms with Crippen LogP contribution in [0.1, 0.15) is 84.0 Å². The minimum Gasteiger partial charge on any atom is -0.480 e. The number of carbonyl (C=O) groups excluding carboxylic acids is 1. The van der Waals surface area contributed by atoms with Gasteiger partial charge in [0.1, 0.15) is 6.54 Å². The summed E-state index contributed by atoms with van der Waals surface area (Å²) < 4.78 is 0. The molecule has 0 aliphatic rings. The lowest BCUT2D eigenvalue weighted by molar-refractivity contribution is -0.144. The van der Waals surface area contributed by atoms with Crippen molar-refractivity contribution in [2.75, 3.05) is 32.8 Å². The molecule has 1 amide bonds. The van der Waals surface area contributed by atoms with Crippen molar-refractivity contribution in [2.45, 2.75) is 84.0 Å². The summed E-state index contributed by atoms with van der Waals surface area (Å²) in [5.41, 5.74) is 0. The molecule has 0 fully saturated rings. The zero-order valence-electron chi connectivity index (χ0n) is 16.7. The minimum atomic E-state index is -0.987. The molecular weight excluding hydrogens is 332 g/mol. The lowest BCUT2D eigenvalue weighted by Crippen LogP contribution is -2.40. The summed E-state index contributed by atoms with van der Waals surface area (Å²) in [5, 5.41) is 20.6. The highest BCUT2D eigenvalue weighted by molar-refractivity contribution is 5.81. The van der Waals surface area contributed by atoms with E-state index in [2.05, 4.69) is 12.2 Å². The fourth-order valence-electron chi connectivity index (χ4n) is 2.97. The first-order valence-corrected chi connectivity index (χ1v) is 10.4. The Balaban J connectivity index is 3.69. The Labute approximate surface area is 159 Å². The molecule has 0 aromatic carbocycles. The van der Waals surface area contributed by atoms with Crippen molar-refractivity contribution < 1.29 is 19.8 Å². The summed E-state index contributed by atoms with van der Waals surface area (Å²) in [4.78, 5) is 24.5. The van der Waals surface area contributed by atoms with Gasteiger partial charge in [0.15, 0.2) is 0 Å². The van der Waals surface area contributed by atoms with E-state index in [1.54, 1.807) is 0 Å². The van der Waals surface area contributed by atoms with Crippen LogP contribution in [0, 0.1) is 0 Å². The molecule has 154 valence electrons. The molecular formula is C20H40N2O4. The van der Waals surface area contributed by atoms with E-state index in [-0.39, 0.29) is 19.1 Å². The third-order valence-corrected chi connectivity index (χ3v) is 4.52. The number of carbonyl (C=O) groups is 2. The topological polar surface area (TPSA) is 89.9 Å². The van der Waals surface area contributed by atoms with Crippen molar-refractivity contribution >= 4 is 11.9 Å². The van der Waals surface area contributed by atoms with Crippen molar-refractivity contribution in [1.82, 2.24) is 10.2 Å². The molecule has 6 nitrogen and oxygen atoms in total. The van der Waals surface area contributed by atoms with E-state index in [1.165, 1.54) is 56.3 Å². The number of hydrogen-bond acceptors (Lipinski definition) is 4. The average Bonchev–Trinajstić information content (AvgIpc) is 2.61. The number of amides is 1. The van der Waals surface area contributed by atoms with Gasteiger partial charge in [0.05, 0.1) is 6.61 Å². The molecule has 0 aromatic heterocycles. The second-order valence-electron chi connectivity index (χ2n) is 6.97. The van der Waals surface area contributed by atoms with E-state index in [4.69, 9.17) is 10.2 Å². The number of unbranched alkanes of at least 4 members (excludes halogenated alkanes) is 10. The van der Waals surface area contributed by atoms with Gasteiger partial charge in [-0.25, -0.2) is 0 Å². The molecule has 0 radical (unpaired) electrons. The second-order valence-corrected chi connectivity index (χ2v) is 6.97. The summed E-state index contributed by atoms with van der Waals surface area (Å²) in [6.45, 7) is 3.33. The predicted octanol–water partition coefficient (Wildman–Crippen LogP) is 3.18. The van der Waals surface area contributed by atoms with Gasteiger partial charge in [-0.3, -0.25) is 9.59 Å². The Morgan fingerprint density at radius 3 is 1.88 bits per heavy atom. The second kappa shape index (κ2) is 18.6. The van der Waals surface area contributed by atoms with Gasteiger partial charge in [-0.15, -0.1) is 0 Å². The maximum absolute atomic E-state index is 12.2. The van der Waals surface area contributed by atoms with E-state index in [9.17, 15) is 9.59 Å².